The fourth-order valence-corrected chi connectivity index (χ4v) is 3.00. The molecule has 1 aromatic heterocycles. The van der Waals surface area contributed by atoms with Gasteiger partial charge in [-0.25, -0.2) is 14.2 Å². The Kier molecular flexibility index (Phi) is 7.56. The molecule has 0 aliphatic heterocycles. The molecule has 13 heteroatoms. The summed E-state index contributed by atoms with van der Waals surface area (Å²) in [5.41, 5.74) is 1.97. The predicted molar refractivity (Wildman–Crippen MR) is 108 cm³/mol. The molecule has 179 valence electrons. The van der Waals surface area contributed by atoms with Crippen LogP contribution in [-0.4, -0.2) is 26.2 Å². The number of anilines is 1. The third-order valence-electron chi connectivity index (χ3n) is 4.92. The summed E-state index contributed by atoms with van der Waals surface area (Å²) >= 11 is 0. The van der Waals surface area contributed by atoms with Crippen molar-refractivity contribution in [3.05, 3.63) is 76.0 Å². The molecule has 1 amide bonds. The largest absolute Gasteiger partial charge is 0.577 e. The van der Waals surface area contributed by atoms with Crippen LogP contribution in [0.1, 0.15) is 25.5 Å². The molecule has 0 saturated heterocycles. The molecule has 1 heterocycles. The molecule has 1 radical (unpaired) electrons. The third-order valence-corrected chi connectivity index (χ3v) is 4.92. The minimum Gasteiger partial charge on any atom is -0.577 e. The fraction of sp³-hybridized carbons (Fsp3) is 0.250. The minimum atomic E-state index is -4.79. The molecular formula is C20H16EsF4N5O3-. The van der Waals surface area contributed by atoms with E-state index in [1.165, 1.54) is 30.0 Å². The average molecular weight is 702 g/mol. The zero-order valence-electron chi connectivity index (χ0n) is 17.0. The molecule has 0 saturated carbocycles. The normalized spacial score (nSPS) is 13.5. The summed E-state index contributed by atoms with van der Waals surface area (Å²) in [7, 11) is 0. The van der Waals surface area contributed by atoms with E-state index in [2.05, 4.69) is 15.1 Å². The van der Waals surface area contributed by atoms with Crippen LogP contribution in [0.3, 0.4) is 0 Å². The SMILES string of the molecule is [C-]#[N+]c1ccc(NC(=O)[C@@](C)(O)C(C)n2cnc3cccc(F)c32)cc1C(F)(F)F.[Es].[N-]=O. The molecule has 0 aliphatic rings. The van der Waals surface area contributed by atoms with Crippen LogP contribution in [0.4, 0.5) is 28.9 Å². The van der Waals surface area contributed by atoms with Gasteiger partial charge in [0.1, 0.15) is 11.3 Å². The number of imidazole rings is 1. The van der Waals surface area contributed by atoms with E-state index in [0.717, 1.165) is 19.1 Å². The van der Waals surface area contributed by atoms with Crippen LogP contribution in [0, 0.1) is 17.3 Å². The van der Waals surface area contributed by atoms with Gasteiger partial charge in [-0.15, -0.1) is 0 Å². The van der Waals surface area contributed by atoms with Crippen molar-refractivity contribution < 1.29 is 27.5 Å². The summed E-state index contributed by atoms with van der Waals surface area (Å²) in [6.07, 6.45) is -3.52. The fourth-order valence-electron chi connectivity index (χ4n) is 3.00. The summed E-state index contributed by atoms with van der Waals surface area (Å²) in [6, 6.07) is 5.92. The number of rotatable bonds is 4. The van der Waals surface area contributed by atoms with Gasteiger partial charge in [-0.05, 0) is 38.1 Å². The number of hydrogen-bond donors (Lipinski definition) is 2. The average Bonchev–Trinajstić information content (AvgIpc) is 3.19. The molecule has 1 unspecified atom stereocenters. The minimum absolute atomic E-state index is 0. The predicted octanol–water partition coefficient (Wildman–Crippen LogP) is 5.02. The van der Waals surface area contributed by atoms with Gasteiger partial charge < -0.3 is 25.5 Å². The van der Waals surface area contributed by atoms with E-state index < -0.39 is 40.8 Å². The van der Waals surface area contributed by atoms with Crippen molar-refractivity contribution in [3.8, 4) is 0 Å². The zero-order valence-corrected chi connectivity index (χ0v) is 19.5. The molecule has 0 spiro atoms. The summed E-state index contributed by atoms with van der Waals surface area (Å²) < 4.78 is 54.9. The van der Waals surface area contributed by atoms with Crippen LogP contribution < -0.4 is 5.32 Å². The Morgan fingerprint density at radius 1 is 1.27 bits per heavy atom. The molecule has 2 atom stereocenters. The maximum absolute atomic E-state index is 14.2. The molecule has 33 heavy (non-hydrogen) atoms. The summed E-state index contributed by atoms with van der Waals surface area (Å²) in [6.45, 7) is 9.47. The van der Waals surface area contributed by atoms with Crippen LogP contribution in [0.25, 0.3) is 21.5 Å². The molecule has 0 fully saturated rings. The number of halogens is 4. The third kappa shape index (κ3) is 4.91. The molecule has 3 aromatic rings. The number of amides is 1. The number of carbonyl (C=O) groups is 1. The van der Waals surface area contributed by atoms with Crippen molar-refractivity contribution in [2.75, 3.05) is 5.32 Å². The van der Waals surface area contributed by atoms with Crippen LogP contribution in [0.15, 0.2) is 42.7 Å². The van der Waals surface area contributed by atoms with Gasteiger partial charge >= 0.3 is 6.18 Å². The maximum atomic E-state index is 14.2. The Labute approximate surface area is 179 Å². The van der Waals surface area contributed by atoms with Crippen molar-refractivity contribution in [2.24, 2.45) is 0 Å². The molecule has 3 rings (SSSR count). The number of aliphatic hydroxyl groups is 1. The van der Waals surface area contributed by atoms with Gasteiger partial charge in [-0.3, -0.25) is 4.79 Å². The van der Waals surface area contributed by atoms with Gasteiger partial charge in [0.25, 0.3) is 5.91 Å². The molecule has 8 nitrogen and oxygen atoms in total. The summed E-state index contributed by atoms with van der Waals surface area (Å²) in [5.74, 6) is -1.60. The van der Waals surface area contributed by atoms with Gasteiger partial charge in [-0.1, -0.05) is 12.1 Å². The van der Waals surface area contributed by atoms with E-state index in [1.807, 2.05) is 0 Å². The van der Waals surface area contributed by atoms with Crippen molar-refractivity contribution in [3.63, 3.8) is 0 Å². The number of nitroso groups, excluding NO2 is 1. The smallest absolute Gasteiger partial charge is 0.407 e. The molecular weight excluding hydrogens is 686 g/mol. The number of para-hydroxylation sites is 1. The van der Waals surface area contributed by atoms with E-state index in [-0.39, 0.29) is 11.2 Å². The molecule has 0 aliphatic carbocycles. The number of nitrogens with one attached hydrogen (secondary N) is 1. The maximum Gasteiger partial charge on any atom is 0.407 e. The van der Waals surface area contributed by atoms with Crippen molar-refractivity contribution >= 4 is 28.3 Å². The van der Waals surface area contributed by atoms with Gasteiger partial charge in [-0.2, -0.15) is 13.2 Å². The topological polar surface area (TPSA) is 111 Å². The number of fused-ring (bicyclic) bond motifs is 1. The Balaban J connectivity index is 0.00000177. The van der Waals surface area contributed by atoms with Crippen molar-refractivity contribution in [1.29, 1.82) is 0 Å². The first-order valence-electron chi connectivity index (χ1n) is 8.88. The Morgan fingerprint density at radius 3 is 2.48 bits per heavy atom. The second-order valence-corrected chi connectivity index (χ2v) is 6.88. The van der Waals surface area contributed by atoms with E-state index in [9.17, 15) is 27.5 Å². The number of alkyl halides is 3. The quantitative estimate of drug-likeness (QED) is 0.294. The van der Waals surface area contributed by atoms with Gasteiger partial charge in [0, 0.05) is 5.69 Å². The van der Waals surface area contributed by atoms with E-state index in [1.54, 1.807) is 6.07 Å². The van der Waals surface area contributed by atoms with Crippen molar-refractivity contribution in [2.45, 2.75) is 31.7 Å². The van der Waals surface area contributed by atoms with Crippen molar-refractivity contribution in [1.82, 2.24) is 9.55 Å². The van der Waals surface area contributed by atoms with Gasteiger partial charge in [0.15, 0.2) is 11.3 Å². The van der Waals surface area contributed by atoms with E-state index >= 15 is 0 Å². The van der Waals surface area contributed by atoms with E-state index in [4.69, 9.17) is 17.1 Å². The zero-order chi connectivity index (χ0) is 24.3. The second-order valence-electron chi connectivity index (χ2n) is 6.88. The van der Waals surface area contributed by atoms with Crippen LogP contribution >= 0.6 is 0 Å². The number of carbonyl (C=O) groups excluding carboxylic acids is 1. The summed E-state index contributed by atoms with van der Waals surface area (Å²) in [5, 5.41) is 13.0. The Hall–Kier alpha value is -4.85. The molecule has 2 N–H and O–H groups in total. The first-order chi connectivity index (χ1) is 15.0. The van der Waals surface area contributed by atoms with Gasteiger partial charge in [0.2, 0.25) is 0 Å². The first-order valence-corrected chi connectivity index (χ1v) is 8.88. The number of aromatic nitrogens is 2. The number of hydrogen-bond acceptors (Lipinski definition) is 4. The standard InChI is InChI=1S/C20H16F4N4O2.Es.NO/c1-11(28-10-26-16-6-4-5-14(21)17(16)28)19(2,30)18(29)27-12-7-8-15(25-3)13(9-12)20(22,23)24;;1-2/h4-11,30H,1-2H3,(H,27,29);;/q;;-1/t11?,19-;;/m0../s1. The van der Waals surface area contributed by atoms with Crippen LogP contribution in [-0.2, 0) is 11.0 Å². The van der Waals surface area contributed by atoms with Crippen LogP contribution in [0.2, 0.25) is 0 Å². The molecule has 0 bridgehead atoms. The van der Waals surface area contributed by atoms with Crippen LogP contribution in [0.5, 0.6) is 0 Å². The Morgan fingerprint density at radius 2 is 1.91 bits per heavy atom. The number of benzene rings is 2. The van der Waals surface area contributed by atoms with Gasteiger partial charge in [0.05, 0.1) is 30.0 Å². The number of nitrogens with zero attached hydrogens (tertiary/aromatic N) is 4. The van der Waals surface area contributed by atoms with E-state index in [0.29, 0.717) is 11.6 Å². The Bertz CT molecular complexity index is 1190. The first kappa shape index (κ1) is 26.2. The molecule has 2 aromatic carbocycles. The monoisotopic (exact) mass is 702 g/mol. The summed E-state index contributed by atoms with van der Waals surface area (Å²) in [4.78, 5) is 26.8. The second kappa shape index (κ2) is 9.52.